The van der Waals surface area contributed by atoms with Crippen LogP contribution in [-0.4, -0.2) is 83.8 Å². The van der Waals surface area contributed by atoms with Gasteiger partial charge >= 0.3 is 12.2 Å². The lowest BCUT2D eigenvalue weighted by Crippen LogP contribution is -2.60. The number of hydrogen-bond donors (Lipinski definition) is 5. The Balaban J connectivity index is 1.43. The Bertz CT molecular complexity index is 1730. The number of ether oxygens (including phenoxy) is 2. The van der Waals surface area contributed by atoms with E-state index in [-0.39, 0.29) is 36.9 Å². The van der Waals surface area contributed by atoms with Crippen molar-refractivity contribution in [3.05, 3.63) is 42.2 Å². The van der Waals surface area contributed by atoms with Crippen molar-refractivity contribution < 1.29 is 46.3 Å². The Morgan fingerprint density at radius 2 is 1.72 bits per heavy atom. The van der Waals surface area contributed by atoms with Gasteiger partial charge in [-0.3, -0.25) is 29.8 Å². The average molecular weight is 763 g/mol. The second-order valence-electron chi connectivity index (χ2n) is 16.1. The van der Waals surface area contributed by atoms with Crippen LogP contribution in [0.15, 0.2) is 36.4 Å². The quantitative estimate of drug-likeness (QED) is 0.202. The first-order valence-electron chi connectivity index (χ1n) is 18.1. The second kappa shape index (κ2) is 15.2. The summed E-state index contributed by atoms with van der Waals surface area (Å²) in [6.07, 6.45) is 3.77. The number of hydrogen-bond acceptors (Lipinski definition) is 10. The van der Waals surface area contributed by atoms with Crippen LogP contribution in [0.5, 0.6) is 0 Å². The third-order valence-corrected chi connectivity index (χ3v) is 12.5. The van der Waals surface area contributed by atoms with Gasteiger partial charge in [0.25, 0.3) is 5.91 Å². The number of amides is 5. The summed E-state index contributed by atoms with van der Waals surface area (Å²) < 4.78 is 51.7. The average Bonchev–Trinajstić information content (AvgIpc) is 3.93. The molecule has 1 saturated heterocycles. The van der Waals surface area contributed by atoms with Crippen molar-refractivity contribution in [3.63, 3.8) is 0 Å². The molecule has 0 spiro atoms. The molecule has 3 fully saturated rings. The van der Waals surface area contributed by atoms with E-state index < -0.39 is 85.7 Å². The van der Waals surface area contributed by atoms with E-state index in [2.05, 4.69) is 26.2 Å². The van der Waals surface area contributed by atoms with E-state index in [1.165, 1.54) is 17.0 Å². The summed E-state index contributed by atoms with van der Waals surface area (Å²) in [5.74, 6) is -3.42. The smallest absolute Gasteiger partial charge is 0.422 e. The van der Waals surface area contributed by atoms with Crippen molar-refractivity contribution >= 4 is 45.6 Å². The Morgan fingerprint density at radius 1 is 1.04 bits per heavy atom. The predicted molar refractivity (Wildman–Crippen MR) is 192 cm³/mol. The molecular formula is C36H51FN6O9S. The van der Waals surface area contributed by atoms with Gasteiger partial charge < -0.3 is 19.7 Å². The van der Waals surface area contributed by atoms with Gasteiger partial charge in [0.05, 0.1) is 11.3 Å². The highest BCUT2D eigenvalue weighted by molar-refractivity contribution is 7.91. The van der Waals surface area contributed by atoms with E-state index in [9.17, 15) is 36.8 Å². The molecular weight excluding hydrogens is 711 g/mol. The van der Waals surface area contributed by atoms with Gasteiger partial charge in [-0.25, -0.2) is 27.8 Å². The molecule has 2 aliphatic heterocycles. The molecule has 53 heavy (non-hydrogen) atoms. The van der Waals surface area contributed by atoms with Gasteiger partial charge in [0.1, 0.15) is 35.1 Å². The number of carbonyl (C=O) groups is 5. The van der Waals surface area contributed by atoms with Crippen LogP contribution in [0.4, 0.5) is 19.7 Å². The summed E-state index contributed by atoms with van der Waals surface area (Å²) in [7, 11) is -4.03. The predicted octanol–water partition coefficient (Wildman–Crippen LogP) is 3.63. The molecule has 5 rings (SSSR count). The summed E-state index contributed by atoms with van der Waals surface area (Å²) in [6, 6.07) is 2.71. The van der Waals surface area contributed by atoms with E-state index >= 15 is 0 Å². The van der Waals surface area contributed by atoms with Crippen molar-refractivity contribution in [2.75, 3.05) is 11.9 Å². The van der Waals surface area contributed by atoms with Crippen LogP contribution in [0.2, 0.25) is 0 Å². The number of rotatable bonds is 7. The van der Waals surface area contributed by atoms with Gasteiger partial charge in [0.2, 0.25) is 21.8 Å². The number of fused-ring (bicyclic) bond motifs is 2. The third kappa shape index (κ3) is 9.65. The molecule has 17 heteroatoms. The van der Waals surface area contributed by atoms with E-state index in [0.29, 0.717) is 25.7 Å². The number of allylic oxidation sites excluding steroid dienone is 1. The van der Waals surface area contributed by atoms with Crippen LogP contribution in [0.3, 0.4) is 0 Å². The third-order valence-electron chi connectivity index (χ3n) is 10.3. The minimum Gasteiger partial charge on any atom is -0.444 e. The van der Waals surface area contributed by atoms with E-state index in [0.717, 1.165) is 18.6 Å². The molecule has 0 aromatic heterocycles. The maximum Gasteiger partial charge on any atom is 0.422 e. The van der Waals surface area contributed by atoms with Crippen LogP contribution in [0, 0.1) is 23.6 Å². The van der Waals surface area contributed by atoms with Crippen LogP contribution in [0.1, 0.15) is 86.5 Å². The van der Waals surface area contributed by atoms with E-state index in [1.807, 2.05) is 26.0 Å². The fourth-order valence-electron chi connectivity index (χ4n) is 6.87. The van der Waals surface area contributed by atoms with E-state index in [4.69, 9.17) is 9.47 Å². The van der Waals surface area contributed by atoms with Crippen molar-refractivity contribution in [3.8, 4) is 0 Å². The molecule has 15 nitrogen and oxygen atoms in total. The molecule has 292 valence electrons. The maximum absolute atomic E-state index is 14.5. The van der Waals surface area contributed by atoms with Gasteiger partial charge in [-0.05, 0) is 102 Å². The zero-order chi connectivity index (χ0) is 38.9. The molecule has 5 N–H and O–H groups in total. The summed E-state index contributed by atoms with van der Waals surface area (Å²) in [5.41, 5.74) is 3.14. The summed E-state index contributed by atoms with van der Waals surface area (Å²) in [4.78, 5) is 69.3. The highest BCUT2D eigenvalue weighted by atomic mass is 32.2. The minimum atomic E-state index is -4.03. The number of carbonyl (C=O) groups excluding carboxylic acids is 5. The Morgan fingerprint density at radius 3 is 2.36 bits per heavy atom. The fourth-order valence-corrected chi connectivity index (χ4v) is 8.18. The lowest BCUT2D eigenvalue weighted by Gasteiger charge is -2.33. The molecule has 1 aromatic rings. The van der Waals surface area contributed by atoms with Gasteiger partial charge in [0, 0.05) is 18.0 Å². The molecule has 2 saturated carbocycles. The minimum absolute atomic E-state index is 0.121. The molecule has 0 radical (unpaired) electrons. The number of benzene rings is 1. The summed E-state index contributed by atoms with van der Waals surface area (Å²) in [6.45, 7) is 10.3. The van der Waals surface area contributed by atoms with Gasteiger partial charge in [0.15, 0.2) is 0 Å². The zero-order valence-electron chi connectivity index (χ0n) is 31.0. The summed E-state index contributed by atoms with van der Waals surface area (Å²) >= 11 is 0. The first-order valence-corrected chi connectivity index (χ1v) is 19.5. The van der Waals surface area contributed by atoms with Crippen molar-refractivity contribution in [2.45, 2.75) is 121 Å². The van der Waals surface area contributed by atoms with Crippen molar-refractivity contribution in [2.24, 2.45) is 17.8 Å². The normalized spacial score (nSPS) is 30.6. The first kappa shape index (κ1) is 39.9. The number of nitrogens with one attached hydrogen (secondary N) is 5. The molecule has 2 aliphatic carbocycles. The Kier molecular flexibility index (Phi) is 11.5. The Labute approximate surface area is 309 Å². The lowest BCUT2D eigenvalue weighted by atomic mass is 9.88. The van der Waals surface area contributed by atoms with Crippen LogP contribution >= 0.6 is 0 Å². The topological polar surface area (TPSA) is 201 Å². The highest BCUT2D eigenvalue weighted by Crippen LogP contribution is 2.47. The van der Waals surface area contributed by atoms with Gasteiger partial charge in [-0.2, -0.15) is 0 Å². The lowest BCUT2D eigenvalue weighted by molar-refractivity contribution is -0.142. The van der Waals surface area contributed by atoms with Crippen molar-refractivity contribution in [1.29, 1.82) is 0 Å². The first-order chi connectivity index (χ1) is 24.7. The maximum atomic E-state index is 14.5. The molecule has 1 unspecified atom stereocenters. The standard InChI is InChI=1S/C36H51FN6O9S/c1-21-9-7-8-10-23-19-36(23,31(46)42-53(49,50)35(6)15-16-35)39-29(44)27-18-26(51-32(47)38-25-13-11-24(37)12-14-25)20-43(27)30(45)28(22(2)17-21)40-41-33(48)52-34(3,4)5/h8,10-14,21-23,26-28,40H,7,9,15-20H2,1-6H3,(H,38,47)(H,39,44)(H,41,48)(H,42,46)/b10-8-/t21?,22-,23+,26-,27+,28+,36-/m1/s1. The van der Waals surface area contributed by atoms with Gasteiger partial charge in [-0.15, -0.1) is 0 Å². The zero-order valence-corrected chi connectivity index (χ0v) is 31.8. The number of nitrogens with zero attached hydrogens (tertiary/aromatic N) is 1. The number of hydrazine groups is 1. The second-order valence-corrected chi connectivity index (χ2v) is 18.3. The molecule has 5 amide bonds. The number of sulfonamides is 1. The van der Waals surface area contributed by atoms with Gasteiger partial charge in [-0.1, -0.05) is 26.0 Å². The molecule has 0 bridgehead atoms. The molecule has 7 atom stereocenters. The molecule has 1 aromatic carbocycles. The molecule has 2 heterocycles. The van der Waals surface area contributed by atoms with E-state index in [1.54, 1.807) is 27.7 Å². The fraction of sp³-hybridized carbons (Fsp3) is 0.639. The number of halogens is 1. The van der Waals surface area contributed by atoms with Crippen molar-refractivity contribution in [1.82, 2.24) is 25.8 Å². The summed E-state index contributed by atoms with van der Waals surface area (Å²) in [5, 5.41) is 5.29. The largest absolute Gasteiger partial charge is 0.444 e. The number of anilines is 1. The Hall–Kier alpha value is -4.25. The monoisotopic (exact) mass is 762 g/mol. The molecule has 4 aliphatic rings. The highest BCUT2D eigenvalue weighted by Gasteiger charge is 2.63. The van der Waals surface area contributed by atoms with Crippen LogP contribution in [-0.2, 0) is 33.9 Å². The van der Waals surface area contributed by atoms with Crippen LogP contribution in [0.25, 0.3) is 0 Å². The van der Waals surface area contributed by atoms with Crippen LogP contribution < -0.4 is 26.2 Å². The SMILES string of the molecule is CC1CC/C=C\[C@H]2C[C@@]2(C(=O)NS(=O)(=O)C2(C)CC2)NC(=O)[C@@H]2C[C@@H](OC(=O)Nc3ccc(F)cc3)CN2C(=O)[C@@H](NNC(=O)OC(C)(C)C)[C@H](C)C1.